The molecule has 0 saturated carbocycles. The third-order valence-corrected chi connectivity index (χ3v) is 2.73. The third kappa shape index (κ3) is 142. The van der Waals surface area contributed by atoms with Gasteiger partial charge < -0.3 is 87.4 Å². The Morgan fingerprint density at radius 2 is 0.404 bits per heavy atom. The summed E-state index contributed by atoms with van der Waals surface area (Å²) in [5.41, 5.74) is 0. The fourth-order valence-electron chi connectivity index (χ4n) is 1.49. The number of carboxylic acid groups (broad SMARTS) is 8. The summed E-state index contributed by atoms with van der Waals surface area (Å²) in [4.78, 5) is 55.7. The van der Waals surface area contributed by atoms with Crippen molar-refractivity contribution < 1.29 is 136 Å². The van der Waals surface area contributed by atoms with Crippen LogP contribution in [0.25, 0.3) is 0 Å². The number of rotatable bonds is 0. The molecule has 0 aromatic carbocycles. The molecule has 6 rings (SSSR count). The van der Waals surface area contributed by atoms with E-state index >= 15 is 0 Å². The van der Waals surface area contributed by atoms with Crippen LogP contribution in [0.15, 0.2) is 104 Å². The number of carbonyl (C=O) groups excluding carboxylic acids is 4. The molecule has 0 aromatic rings. The van der Waals surface area contributed by atoms with Gasteiger partial charge in [0.15, 0.2) is 38.0 Å². The molecule has 0 aliphatic carbocycles. The van der Waals surface area contributed by atoms with E-state index in [-0.39, 0.29) is 43.9 Å². The van der Waals surface area contributed by atoms with Gasteiger partial charge in [-0.3, -0.25) is 31.9 Å². The monoisotopic (exact) mass is 802 g/mol. The molecule has 0 saturated heterocycles. The third-order valence-electron chi connectivity index (χ3n) is 2.73. The Balaban J connectivity index is -0.0000000466. The molecule has 6 heterocycles. The van der Waals surface area contributed by atoms with Crippen LogP contribution in [0.1, 0.15) is 0 Å². The van der Waals surface area contributed by atoms with E-state index in [9.17, 15) is 0 Å². The molecular formula is C22H40N12NiO17. The van der Waals surface area contributed by atoms with Gasteiger partial charge in [0.2, 0.25) is 0 Å². The second-order valence-corrected chi connectivity index (χ2v) is 5.99. The van der Waals surface area contributed by atoms with Gasteiger partial charge in [-0.2, -0.15) is 0 Å². The van der Waals surface area contributed by atoms with E-state index in [4.69, 9.17) is 60.0 Å². The van der Waals surface area contributed by atoms with Gasteiger partial charge in [0.25, 0.3) is 0 Å². The van der Waals surface area contributed by atoms with E-state index in [2.05, 4.69) is 30.0 Å². The van der Waals surface area contributed by atoms with Crippen molar-refractivity contribution in [3.63, 3.8) is 0 Å². The quantitative estimate of drug-likeness (QED) is 0.124. The minimum atomic E-state index is -2.33. The maximum absolute atomic E-state index is 8.33. The van der Waals surface area contributed by atoms with Crippen LogP contribution >= 0.6 is 0 Å². The predicted molar refractivity (Wildman–Crippen MR) is 157 cm³/mol. The predicted octanol–water partition coefficient (Wildman–Crippen LogP) is -19.5. The van der Waals surface area contributed by atoms with Crippen molar-refractivity contribution in [3.8, 4) is 0 Å². The van der Waals surface area contributed by atoms with Crippen LogP contribution in [-0.4, -0.2) is 90.0 Å². The Hall–Kier alpha value is -6.41. The SMILES string of the molecule is C1=C[NH2+]C=N1.C1=C[NH2+]C=N1.C1=C[NH2+]C=N1.C1=C[NH2+]C=N1.C1=C[NH2+]C=N1.C1=C[NH2+]C=N1.O.O.O.O.O.O=C([O-])[O-].O=C([O-])[O-].O=C([O-])[O-].O=C([O-])[O-].[Ni+2]. The summed E-state index contributed by atoms with van der Waals surface area (Å²) >= 11 is 0. The Labute approximate surface area is 302 Å². The summed E-state index contributed by atoms with van der Waals surface area (Å²) in [5.74, 6) is 0. The number of carbonyl (C=O) groups is 4. The van der Waals surface area contributed by atoms with Crippen LogP contribution < -0.4 is 72.8 Å². The molecule has 0 unspecified atom stereocenters. The van der Waals surface area contributed by atoms with E-state index in [1.807, 2.05) is 69.1 Å². The van der Waals surface area contributed by atoms with Crippen molar-refractivity contribution in [2.45, 2.75) is 0 Å². The van der Waals surface area contributed by atoms with Crippen LogP contribution in [0, 0.1) is 0 Å². The van der Waals surface area contributed by atoms with Crippen LogP contribution in [-0.2, 0) is 16.5 Å². The Bertz CT molecular complexity index is 896. The first-order valence-corrected chi connectivity index (χ1v) is 11.5. The number of nitrogens with two attached hydrogens (primary N) is 6. The van der Waals surface area contributed by atoms with Gasteiger partial charge in [-0.1, -0.05) is 0 Å². The molecule has 0 amide bonds. The van der Waals surface area contributed by atoms with Crippen LogP contribution in [0.3, 0.4) is 0 Å². The molecule has 30 heteroatoms. The van der Waals surface area contributed by atoms with E-state index in [0.29, 0.717) is 0 Å². The largest absolute Gasteiger partial charge is 2.00 e. The van der Waals surface area contributed by atoms with Crippen molar-refractivity contribution in [2.75, 3.05) is 0 Å². The van der Waals surface area contributed by atoms with Crippen molar-refractivity contribution in [2.24, 2.45) is 30.0 Å². The second-order valence-electron chi connectivity index (χ2n) is 5.99. The fraction of sp³-hybridized carbons (Fsp3) is 0. The van der Waals surface area contributed by atoms with Gasteiger partial charge in [-0.25, -0.2) is 30.0 Å². The molecule has 0 atom stereocenters. The zero-order valence-electron chi connectivity index (χ0n) is 26.3. The number of nitrogens with zero attached hydrogens (tertiary/aromatic N) is 6. The molecule has 52 heavy (non-hydrogen) atoms. The van der Waals surface area contributed by atoms with Crippen molar-refractivity contribution in [1.82, 2.24) is 0 Å². The fourth-order valence-corrected chi connectivity index (χ4v) is 1.49. The minimum absolute atomic E-state index is 0. The van der Waals surface area contributed by atoms with Gasteiger partial charge in [0.05, 0.1) is 37.2 Å². The van der Waals surface area contributed by atoms with E-state index in [1.165, 1.54) is 0 Å². The Morgan fingerprint density at radius 3 is 0.423 bits per heavy atom. The normalized spacial score (nSPS) is 12.0. The second kappa shape index (κ2) is 66.9. The van der Waals surface area contributed by atoms with Gasteiger partial charge in [0.1, 0.15) is 37.2 Å². The van der Waals surface area contributed by atoms with E-state index in [1.54, 1.807) is 75.2 Å². The molecule has 6 aliphatic heterocycles. The maximum Gasteiger partial charge on any atom is 2.00 e. The number of quaternary nitrogens is 6. The summed E-state index contributed by atoms with van der Waals surface area (Å²) < 4.78 is 0. The van der Waals surface area contributed by atoms with Gasteiger partial charge >= 0.3 is 16.5 Å². The maximum atomic E-state index is 8.33. The average molecular weight is 803 g/mol. The number of aliphatic imine (C=N–C) groups is 6. The summed E-state index contributed by atoms with van der Waals surface area (Å²) in [7, 11) is 0. The first-order valence-electron chi connectivity index (χ1n) is 11.5. The topological polar surface area (TPSA) is 584 Å². The van der Waals surface area contributed by atoms with Crippen molar-refractivity contribution in [1.29, 1.82) is 0 Å². The molecule has 0 bridgehead atoms. The Morgan fingerprint density at radius 1 is 0.308 bits per heavy atom. The molecular weight excluding hydrogens is 763 g/mol. The molecule has 300 valence electrons. The summed E-state index contributed by atoms with van der Waals surface area (Å²) in [6.07, 6.45) is 23.0. The molecule has 22 N–H and O–H groups in total. The average Bonchev–Trinajstić information content (AvgIpc) is 3.88. The molecule has 29 nitrogen and oxygen atoms in total. The van der Waals surface area contributed by atoms with E-state index < -0.39 is 24.6 Å². The summed E-state index contributed by atoms with van der Waals surface area (Å²) in [5, 5.41) is 78.0. The summed E-state index contributed by atoms with van der Waals surface area (Å²) in [6, 6.07) is 0. The standard InChI is InChI=1S/6C3H4N2.4CH2O3.Ni.5H2O/c6*1-2-5-3-4-1;4*2-1(3)4;;;;;;/h6*1-3H,(H,4,5);4*(H2,2,3,4);;5*1H2/q;;;;;;;;;;+2;;;;;/p-2. The van der Waals surface area contributed by atoms with Crippen LogP contribution in [0.2, 0.25) is 0 Å². The molecule has 6 aliphatic rings. The smallest absolute Gasteiger partial charge is 0.652 e. The molecule has 0 radical (unpaired) electrons. The van der Waals surface area contributed by atoms with Gasteiger partial charge in [-0.05, 0) is 24.6 Å². The number of hydrogen-bond donors (Lipinski definition) is 6. The minimum Gasteiger partial charge on any atom is -0.652 e. The van der Waals surface area contributed by atoms with Gasteiger partial charge in [0, 0.05) is 0 Å². The van der Waals surface area contributed by atoms with Crippen molar-refractivity contribution in [3.05, 3.63) is 74.4 Å². The molecule has 0 fully saturated rings. The van der Waals surface area contributed by atoms with Gasteiger partial charge in [-0.15, -0.1) is 0 Å². The van der Waals surface area contributed by atoms with Crippen LogP contribution in [0.4, 0.5) is 19.2 Å². The molecule has 0 aromatic heterocycles. The molecule has 0 spiro atoms. The van der Waals surface area contributed by atoms with E-state index in [0.717, 1.165) is 0 Å². The number of hydrogen-bond acceptors (Lipinski definition) is 18. The summed E-state index contributed by atoms with van der Waals surface area (Å²) in [6.45, 7) is 0. The first-order chi connectivity index (χ1) is 21.9. The Kier molecular flexibility index (Phi) is 92.1. The zero-order valence-corrected chi connectivity index (χ0v) is 27.2. The zero-order chi connectivity index (χ0) is 35.5. The first kappa shape index (κ1) is 71.6. The van der Waals surface area contributed by atoms with Crippen LogP contribution in [0.5, 0.6) is 0 Å². The van der Waals surface area contributed by atoms with Crippen molar-refractivity contribution >= 4 is 62.7 Å².